The van der Waals surface area contributed by atoms with E-state index in [0.29, 0.717) is 6.04 Å². The van der Waals surface area contributed by atoms with Gasteiger partial charge in [-0.1, -0.05) is 47.8 Å². The normalized spacial score (nSPS) is 20.2. The van der Waals surface area contributed by atoms with E-state index in [2.05, 4.69) is 47.7 Å². The van der Waals surface area contributed by atoms with E-state index in [1.165, 1.54) is 24.8 Å². The average Bonchev–Trinajstić information content (AvgIpc) is 2.76. The molecule has 0 bridgehead atoms. The largest absolute Gasteiger partial charge is 0.356 e. The topological polar surface area (TPSA) is 38.1 Å². The highest BCUT2D eigenvalue weighted by Gasteiger charge is 2.18. The lowest BCUT2D eigenvalue weighted by atomic mass is 10.1. The third-order valence-electron chi connectivity index (χ3n) is 3.78. The predicted octanol–water partition coefficient (Wildman–Crippen LogP) is 3.85. The zero-order valence-corrected chi connectivity index (χ0v) is 11.4. The molecular formula is C16H20N2O. The van der Waals surface area contributed by atoms with Gasteiger partial charge in [-0.15, -0.1) is 0 Å². The number of aryl methyl sites for hydroxylation is 1. The second-order valence-corrected chi connectivity index (χ2v) is 5.34. The van der Waals surface area contributed by atoms with Gasteiger partial charge in [0.2, 0.25) is 0 Å². The van der Waals surface area contributed by atoms with Crippen LogP contribution in [0.15, 0.2) is 34.9 Å². The molecule has 0 spiro atoms. The standard InChI is InChI=1S/C16H20N2O/c1-12-6-8-13(9-7-12)16-11-15(18-19-16)14-5-3-2-4-10-17-14/h6-9,11,14,17H,2-5,10H2,1H3. The summed E-state index contributed by atoms with van der Waals surface area (Å²) in [7, 11) is 0. The first-order valence-corrected chi connectivity index (χ1v) is 7.10. The molecule has 1 saturated heterocycles. The van der Waals surface area contributed by atoms with E-state index < -0.39 is 0 Å². The molecule has 0 aliphatic carbocycles. The van der Waals surface area contributed by atoms with Crippen LogP contribution in [0, 0.1) is 6.92 Å². The summed E-state index contributed by atoms with van der Waals surface area (Å²) in [5.74, 6) is 0.862. The van der Waals surface area contributed by atoms with Crippen molar-refractivity contribution < 1.29 is 4.52 Å². The Morgan fingerprint density at radius 1 is 1.16 bits per heavy atom. The van der Waals surface area contributed by atoms with Gasteiger partial charge in [-0.05, 0) is 26.3 Å². The molecule has 1 aromatic carbocycles. The van der Waals surface area contributed by atoms with Crippen LogP contribution in [-0.4, -0.2) is 11.7 Å². The van der Waals surface area contributed by atoms with Crippen molar-refractivity contribution in [3.63, 3.8) is 0 Å². The number of hydrogen-bond donors (Lipinski definition) is 1. The van der Waals surface area contributed by atoms with E-state index in [0.717, 1.165) is 30.0 Å². The van der Waals surface area contributed by atoms with Crippen LogP contribution in [0.3, 0.4) is 0 Å². The Kier molecular flexibility index (Phi) is 3.65. The van der Waals surface area contributed by atoms with Crippen molar-refractivity contribution in [1.82, 2.24) is 10.5 Å². The lowest BCUT2D eigenvalue weighted by Gasteiger charge is -2.11. The van der Waals surface area contributed by atoms with Gasteiger partial charge in [-0.2, -0.15) is 0 Å². The minimum atomic E-state index is 0.352. The van der Waals surface area contributed by atoms with Crippen molar-refractivity contribution in [3.05, 3.63) is 41.6 Å². The van der Waals surface area contributed by atoms with Crippen molar-refractivity contribution >= 4 is 0 Å². The number of nitrogens with one attached hydrogen (secondary N) is 1. The van der Waals surface area contributed by atoms with Crippen LogP contribution in [0.1, 0.15) is 43.0 Å². The van der Waals surface area contributed by atoms with Crippen molar-refractivity contribution in [1.29, 1.82) is 0 Å². The van der Waals surface area contributed by atoms with Crippen LogP contribution in [0.5, 0.6) is 0 Å². The van der Waals surface area contributed by atoms with Gasteiger partial charge in [0.05, 0.1) is 6.04 Å². The molecule has 1 N–H and O–H groups in total. The third-order valence-corrected chi connectivity index (χ3v) is 3.78. The number of benzene rings is 1. The predicted molar refractivity (Wildman–Crippen MR) is 75.9 cm³/mol. The highest BCUT2D eigenvalue weighted by molar-refractivity contribution is 5.57. The summed E-state index contributed by atoms with van der Waals surface area (Å²) in [4.78, 5) is 0. The van der Waals surface area contributed by atoms with Crippen molar-refractivity contribution in [2.45, 2.75) is 38.6 Å². The molecule has 3 rings (SSSR count). The Hall–Kier alpha value is -1.61. The van der Waals surface area contributed by atoms with Gasteiger partial charge in [0.1, 0.15) is 5.69 Å². The first-order valence-electron chi connectivity index (χ1n) is 7.10. The molecule has 1 aromatic heterocycles. The summed E-state index contributed by atoms with van der Waals surface area (Å²) in [5.41, 5.74) is 3.39. The first-order chi connectivity index (χ1) is 9.33. The van der Waals surface area contributed by atoms with Gasteiger partial charge in [-0.3, -0.25) is 0 Å². The Morgan fingerprint density at radius 3 is 2.84 bits per heavy atom. The number of hydrogen-bond acceptors (Lipinski definition) is 3. The Bertz CT molecular complexity index is 522. The second-order valence-electron chi connectivity index (χ2n) is 5.34. The third kappa shape index (κ3) is 2.87. The molecule has 1 aliphatic rings. The molecule has 0 amide bonds. The van der Waals surface area contributed by atoms with Crippen molar-refractivity contribution in [2.75, 3.05) is 6.54 Å². The highest BCUT2D eigenvalue weighted by atomic mass is 16.5. The Balaban J connectivity index is 1.80. The molecule has 1 unspecified atom stereocenters. The molecule has 2 heterocycles. The lowest BCUT2D eigenvalue weighted by molar-refractivity contribution is 0.402. The van der Waals surface area contributed by atoms with Crippen LogP contribution in [0.4, 0.5) is 0 Å². The Labute approximate surface area is 114 Å². The van der Waals surface area contributed by atoms with Gasteiger partial charge in [-0.25, -0.2) is 0 Å². The first kappa shape index (κ1) is 12.4. The minimum absolute atomic E-state index is 0.352. The quantitative estimate of drug-likeness (QED) is 0.886. The van der Waals surface area contributed by atoms with Crippen LogP contribution >= 0.6 is 0 Å². The summed E-state index contributed by atoms with van der Waals surface area (Å²) < 4.78 is 5.49. The molecule has 2 aromatic rings. The number of rotatable bonds is 2. The smallest absolute Gasteiger partial charge is 0.167 e. The van der Waals surface area contributed by atoms with Gasteiger partial charge in [0.25, 0.3) is 0 Å². The summed E-state index contributed by atoms with van der Waals surface area (Å²) >= 11 is 0. The minimum Gasteiger partial charge on any atom is -0.356 e. The second kappa shape index (κ2) is 5.57. The fourth-order valence-corrected chi connectivity index (χ4v) is 2.59. The molecule has 1 atom stereocenters. The van der Waals surface area contributed by atoms with E-state index >= 15 is 0 Å². The molecule has 1 fully saturated rings. The molecular weight excluding hydrogens is 236 g/mol. The fraction of sp³-hybridized carbons (Fsp3) is 0.438. The van der Waals surface area contributed by atoms with Crippen LogP contribution in [0.25, 0.3) is 11.3 Å². The van der Waals surface area contributed by atoms with Crippen LogP contribution < -0.4 is 5.32 Å². The summed E-state index contributed by atoms with van der Waals surface area (Å²) in [6.45, 7) is 3.17. The monoisotopic (exact) mass is 256 g/mol. The maximum absolute atomic E-state index is 5.49. The highest BCUT2D eigenvalue weighted by Crippen LogP contribution is 2.27. The van der Waals surface area contributed by atoms with E-state index in [1.54, 1.807) is 0 Å². The maximum atomic E-state index is 5.49. The summed E-state index contributed by atoms with van der Waals surface area (Å²) in [6, 6.07) is 10.8. The lowest BCUT2D eigenvalue weighted by Crippen LogP contribution is -2.20. The zero-order chi connectivity index (χ0) is 13.1. The van der Waals surface area contributed by atoms with Crippen LogP contribution in [0.2, 0.25) is 0 Å². The summed E-state index contributed by atoms with van der Waals surface area (Å²) in [5, 5.41) is 7.79. The molecule has 0 saturated carbocycles. The SMILES string of the molecule is Cc1ccc(-c2cc(C3CCCCCN3)no2)cc1. The molecule has 3 heteroatoms. The fourth-order valence-electron chi connectivity index (χ4n) is 2.59. The van der Waals surface area contributed by atoms with Crippen molar-refractivity contribution in [3.8, 4) is 11.3 Å². The van der Waals surface area contributed by atoms with Gasteiger partial charge >= 0.3 is 0 Å². The average molecular weight is 256 g/mol. The molecule has 0 radical (unpaired) electrons. The maximum Gasteiger partial charge on any atom is 0.167 e. The van der Waals surface area contributed by atoms with E-state index in [4.69, 9.17) is 4.52 Å². The van der Waals surface area contributed by atoms with E-state index in [1.807, 2.05) is 0 Å². The molecule has 1 aliphatic heterocycles. The Morgan fingerprint density at radius 2 is 2.00 bits per heavy atom. The number of aromatic nitrogens is 1. The van der Waals surface area contributed by atoms with E-state index in [9.17, 15) is 0 Å². The summed E-state index contributed by atoms with van der Waals surface area (Å²) in [6.07, 6.45) is 5.00. The van der Waals surface area contributed by atoms with Crippen molar-refractivity contribution in [2.24, 2.45) is 0 Å². The molecule has 100 valence electrons. The van der Waals surface area contributed by atoms with Gasteiger partial charge in [0.15, 0.2) is 5.76 Å². The molecule has 19 heavy (non-hydrogen) atoms. The van der Waals surface area contributed by atoms with Crippen LogP contribution in [-0.2, 0) is 0 Å². The van der Waals surface area contributed by atoms with E-state index in [-0.39, 0.29) is 0 Å². The van der Waals surface area contributed by atoms with Gasteiger partial charge < -0.3 is 9.84 Å². The number of nitrogens with zero attached hydrogens (tertiary/aromatic N) is 1. The zero-order valence-electron chi connectivity index (χ0n) is 11.4. The molecule has 3 nitrogen and oxygen atoms in total. The van der Waals surface area contributed by atoms with Gasteiger partial charge in [0, 0.05) is 11.6 Å².